The van der Waals surface area contributed by atoms with Gasteiger partial charge in [0.25, 0.3) is 11.8 Å². The lowest BCUT2D eigenvalue weighted by atomic mass is 10.1. The fraction of sp³-hybridized carbons (Fsp3) is 0.318. The van der Waals surface area contributed by atoms with Crippen LogP contribution in [0.4, 0.5) is 5.69 Å². The summed E-state index contributed by atoms with van der Waals surface area (Å²) in [7, 11) is 3.39. The van der Waals surface area contributed by atoms with Crippen molar-refractivity contribution in [3.63, 3.8) is 0 Å². The number of hydrogen-bond acceptors (Lipinski definition) is 3. The van der Waals surface area contributed by atoms with Gasteiger partial charge in [-0.15, -0.1) is 0 Å². The van der Waals surface area contributed by atoms with Gasteiger partial charge in [0.05, 0.1) is 11.3 Å². The molecule has 3 amide bonds. The first-order valence-electron chi connectivity index (χ1n) is 9.32. The van der Waals surface area contributed by atoms with Crippen LogP contribution in [0.25, 0.3) is 0 Å². The highest BCUT2D eigenvalue weighted by Crippen LogP contribution is 2.17. The van der Waals surface area contributed by atoms with Gasteiger partial charge < -0.3 is 15.5 Å². The number of para-hydroxylation sites is 1. The Morgan fingerprint density at radius 3 is 2.43 bits per heavy atom. The van der Waals surface area contributed by atoms with Gasteiger partial charge in [-0.25, -0.2) is 0 Å². The van der Waals surface area contributed by atoms with Gasteiger partial charge in [-0.1, -0.05) is 38.1 Å². The average molecular weight is 381 g/mol. The monoisotopic (exact) mass is 381 g/mol. The summed E-state index contributed by atoms with van der Waals surface area (Å²) in [4.78, 5) is 38.4. The molecule has 6 heteroatoms. The lowest BCUT2D eigenvalue weighted by Crippen LogP contribution is -2.26. The third-order valence-corrected chi connectivity index (χ3v) is 4.52. The molecule has 2 N–H and O–H groups in total. The van der Waals surface area contributed by atoms with Gasteiger partial charge in [0.15, 0.2) is 0 Å². The highest BCUT2D eigenvalue weighted by molar-refractivity contribution is 6.04. The summed E-state index contributed by atoms with van der Waals surface area (Å²) >= 11 is 0. The molecule has 148 valence electrons. The van der Waals surface area contributed by atoms with Crippen molar-refractivity contribution in [2.24, 2.45) is 5.92 Å². The van der Waals surface area contributed by atoms with Crippen LogP contribution in [-0.2, 0) is 11.3 Å². The Labute approximate surface area is 165 Å². The largest absolute Gasteiger partial charge is 0.348 e. The molecule has 1 unspecified atom stereocenters. The fourth-order valence-electron chi connectivity index (χ4n) is 2.58. The van der Waals surface area contributed by atoms with E-state index in [0.29, 0.717) is 16.8 Å². The highest BCUT2D eigenvalue weighted by atomic mass is 16.2. The topological polar surface area (TPSA) is 78.5 Å². The number of hydrogen-bond donors (Lipinski definition) is 2. The maximum atomic E-state index is 12.6. The van der Waals surface area contributed by atoms with Gasteiger partial charge in [0.1, 0.15) is 0 Å². The van der Waals surface area contributed by atoms with Crippen LogP contribution in [0.2, 0.25) is 0 Å². The second-order valence-corrected chi connectivity index (χ2v) is 6.93. The molecule has 1 atom stereocenters. The first kappa shape index (κ1) is 21.2. The average Bonchev–Trinajstić information content (AvgIpc) is 2.71. The molecule has 0 aliphatic carbocycles. The van der Waals surface area contributed by atoms with E-state index in [1.165, 1.54) is 4.90 Å². The molecule has 0 saturated heterocycles. The molecule has 0 radical (unpaired) electrons. The third-order valence-electron chi connectivity index (χ3n) is 4.52. The van der Waals surface area contributed by atoms with Crippen molar-refractivity contribution < 1.29 is 14.4 Å². The zero-order valence-electron chi connectivity index (χ0n) is 16.8. The number of benzene rings is 2. The highest BCUT2D eigenvalue weighted by Gasteiger charge is 2.16. The number of nitrogens with zero attached hydrogens (tertiary/aromatic N) is 1. The molecule has 2 rings (SSSR count). The molecule has 0 fully saturated rings. The molecule has 0 bridgehead atoms. The van der Waals surface area contributed by atoms with E-state index >= 15 is 0 Å². The van der Waals surface area contributed by atoms with Gasteiger partial charge >= 0.3 is 0 Å². The number of nitrogens with one attached hydrogen (secondary N) is 2. The van der Waals surface area contributed by atoms with Crippen molar-refractivity contribution in [3.8, 4) is 0 Å². The molecule has 28 heavy (non-hydrogen) atoms. The molecule has 0 spiro atoms. The Kier molecular flexibility index (Phi) is 7.32. The van der Waals surface area contributed by atoms with Crippen molar-refractivity contribution in [1.29, 1.82) is 0 Å². The van der Waals surface area contributed by atoms with Crippen molar-refractivity contribution >= 4 is 23.4 Å². The molecule has 0 aromatic heterocycles. The third kappa shape index (κ3) is 5.42. The molecular weight excluding hydrogens is 354 g/mol. The summed E-state index contributed by atoms with van der Waals surface area (Å²) in [5.41, 5.74) is 2.28. The Morgan fingerprint density at radius 1 is 1.04 bits per heavy atom. The Balaban J connectivity index is 2.09. The zero-order valence-corrected chi connectivity index (χ0v) is 16.8. The van der Waals surface area contributed by atoms with Crippen molar-refractivity contribution in [2.45, 2.75) is 26.8 Å². The first-order chi connectivity index (χ1) is 13.3. The van der Waals surface area contributed by atoms with Crippen LogP contribution in [-0.4, -0.2) is 36.7 Å². The lowest BCUT2D eigenvalue weighted by Gasteiger charge is -2.14. The van der Waals surface area contributed by atoms with Gasteiger partial charge in [0.2, 0.25) is 5.91 Å². The van der Waals surface area contributed by atoms with E-state index in [4.69, 9.17) is 0 Å². The van der Waals surface area contributed by atoms with Crippen LogP contribution in [0.3, 0.4) is 0 Å². The smallest absolute Gasteiger partial charge is 0.253 e. The summed E-state index contributed by atoms with van der Waals surface area (Å²) in [6, 6.07) is 14.1. The normalized spacial score (nSPS) is 11.4. The summed E-state index contributed by atoms with van der Waals surface area (Å²) in [6.45, 7) is 4.07. The Hall–Kier alpha value is -3.15. The zero-order chi connectivity index (χ0) is 20.7. The van der Waals surface area contributed by atoms with Crippen LogP contribution < -0.4 is 10.6 Å². The lowest BCUT2D eigenvalue weighted by molar-refractivity contribution is -0.119. The van der Waals surface area contributed by atoms with Crippen LogP contribution in [0.1, 0.15) is 46.5 Å². The van der Waals surface area contributed by atoms with Crippen LogP contribution >= 0.6 is 0 Å². The molecule has 2 aromatic carbocycles. The SMILES string of the molecule is CCC(C)C(=O)Nc1ccccc1C(=O)NCc1cccc(C(=O)N(C)C)c1. The molecule has 6 nitrogen and oxygen atoms in total. The van der Waals surface area contributed by atoms with E-state index in [1.807, 2.05) is 19.9 Å². The van der Waals surface area contributed by atoms with E-state index in [-0.39, 0.29) is 30.2 Å². The molecule has 0 saturated carbocycles. The molecule has 2 aromatic rings. The van der Waals surface area contributed by atoms with Gasteiger partial charge in [-0.3, -0.25) is 14.4 Å². The summed E-state index contributed by atoms with van der Waals surface area (Å²) in [5, 5.41) is 5.68. The summed E-state index contributed by atoms with van der Waals surface area (Å²) in [6.07, 6.45) is 0.724. The van der Waals surface area contributed by atoms with Crippen LogP contribution in [0.15, 0.2) is 48.5 Å². The van der Waals surface area contributed by atoms with E-state index in [0.717, 1.165) is 12.0 Å². The predicted molar refractivity (Wildman–Crippen MR) is 110 cm³/mol. The van der Waals surface area contributed by atoms with E-state index in [9.17, 15) is 14.4 Å². The quantitative estimate of drug-likeness (QED) is 0.772. The minimum atomic E-state index is -0.288. The first-order valence-corrected chi connectivity index (χ1v) is 9.32. The predicted octanol–water partition coefficient (Wildman–Crippen LogP) is 3.30. The molecule has 0 aliphatic rings. The van der Waals surface area contributed by atoms with E-state index < -0.39 is 0 Å². The van der Waals surface area contributed by atoms with Crippen molar-refractivity contribution in [1.82, 2.24) is 10.2 Å². The molecule has 0 aliphatic heterocycles. The second-order valence-electron chi connectivity index (χ2n) is 6.93. The molecular formula is C22H27N3O3. The molecule has 0 heterocycles. The van der Waals surface area contributed by atoms with Gasteiger partial charge in [-0.2, -0.15) is 0 Å². The number of amides is 3. The second kappa shape index (κ2) is 9.69. The van der Waals surface area contributed by atoms with Gasteiger partial charge in [0, 0.05) is 32.1 Å². The minimum absolute atomic E-state index is 0.0914. The number of rotatable bonds is 7. The number of carbonyl (C=O) groups is 3. The Morgan fingerprint density at radius 2 is 1.75 bits per heavy atom. The van der Waals surface area contributed by atoms with Gasteiger partial charge in [-0.05, 0) is 36.2 Å². The summed E-state index contributed by atoms with van der Waals surface area (Å²) < 4.78 is 0. The van der Waals surface area contributed by atoms with Crippen LogP contribution in [0, 0.1) is 5.92 Å². The Bertz CT molecular complexity index is 862. The van der Waals surface area contributed by atoms with Crippen molar-refractivity contribution in [3.05, 3.63) is 65.2 Å². The minimum Gasteiger partial charge on any atom is -0.348 e. The van der Waals surface area contributed by atoms with Crippen LogP contribution in [0.5, 0.6) is 0 Å². The van der Waals surface area contributed by atoms with E-state index in [1.54, 1.807) is 56.6 Å². The summed E-state index contributed by atoms with van der Waals surface area (Å²) in [5.74, 6) is -0.624. The number of anilines is 1. The maximum Gasteiger partial charge on any atom is 0.253 e. The van der Waals surface area contributed by atoms with E-state index in [2.05, 4.69) is 10.6 Å². The maximum absolute atomic E-state index is 12.6. The standard InChI is InChI=1S/C22H27N3O3/c1-5-15(2)20(26)24-19-12-7-6-11-18(19)21(27)23-14-16-9-8-10-17(13-16)22(28)25(3)4/h6-13,15H,5,14H2,1-4H3,(H,23,27)(H,24,26). The fourth-order valence-corrected chi connectivity index (χ4v) is 2.58. The number of carbonyl (C=O) groups excluding carboxylic acids is 3. The van der Waals surface area contributed by atoms with Crippen molar-refractivity contribution in [2.75, 3.05) is 19.4 Å².